The van der Waals surface area contributed by atoms with E-state index in [1.165, 1.54) is 18.1 Å². The fourth-order valence-corrected chi connectivity index (χ4v) is 8.91. The van der Waals surface area contributed by atoms with Gasteiger partial charge in [-0.15, -0.1) is 0 Å². The molecular weight excluding hydrogens is 548 g/mol. The number of aromatic hydroxyl groups is 1. The lowest BCUT2D eigenvalue weighted by molar-refractivity contribution is -0.211. The molecule has 0 aromatic heterocycles. The first-order valence-corrected chi connectivity index (χ1v) is 14.9. The van der Waals surface area contributed by atoms with Crippen molar-refractivity contribution in [3.63, 3.8) is 0 Å². The number of aliphatic hydroxyl groups excluding tert-OH is 3. The maximum absolute atomic E-state index is 14.4. The summed E-state index contributed by atoms with van der Waals surface area (Å²) in [6.45, 7) is 9.27. The average Bonchev–Trinajstić information content (AvgIpc) is 3.41. The third-order valence-corrected chi connectivity index (χ3v) is 11.2. The summed E-state index contributed by atoms with van der Waals surface area (Å²) in [5.74, 6) is -7.00. The molecule has 0 amide bonds. The van der Waals surface area contributed by atoms with Crippen molar-refractivity contribution in [2.75, 3.05) is 0 Å². The zero-order chi connectivity index (χ0) is 31.5. The Morgan fingerprint density at radius 1 is 1.00 bits per heavy atom. The van der Waals surface area contributed by atoms with Crippen molar-refractivity contribution >= 4 is 17.3 Å². The van der Waals surface area contributed by atoms with E-state index in [0.717, 1.165) is 31.7 Å². The molecule has 0 spiro atoms. The summed E-state index contributed by atoms with van der Waals surface area (Å²) in [6.07, 6.45) is 1.33. The number of Topliss-reactive ketones (excluding diaryl/α,β-unsaturated/α-hetero) is 3. The second-order valence-electron chi connectivity index (χ2n) is 13.6. The van der Waals surface area contributed by atoms with Crippen LogP contribution in [0.25, 0.3) is 11.1 Å². The summed E-state index contributed by atoms with van der Waals surface area (Å²) in [7, 11) is 0. The Labute approximate surface area is 250 Å². The van der Waals surface area contributed by atoms with Gasteiger partial charge in [0.25, 0.3) is 0 Å². The lowest BCUT2D eigenvalue weighted by Gasteiger charge is -2.63. The first-order chi connectivity index (χ1) is 20.1. The molecule has 2 aromatic carbocycles. The van der Waals surface area contributed by atoms with Gasteiger partial charge in [0.05, 0.1) is 17.2 Å². The van der Waals surface area contributed by atoms with Crippen LogP contribution in [0.2, 0.25) is 0 Å². The molecule has 4 aliphatic rings. The van der Waals surface area contributed by atoms with Crippen LogP contribution in [0, 0.1) is 22.7 Å². The molecule has 0 bridgehead atoms. The molecule has 0 fully saturated rings. The van der Waals surface area contributed by atoms with Gasteiger partial charge in [0, 0.05) is 22.3 Å². The summed E-state index contributed by atoms with van der Waals surface area (Å²) in [4.78, 5) is 41.0. The Hall–Kier alpha value is -3.75. The van der Waals surface area contributed by atoms with E-state index < -0.39 is 74.7 Å². The van der Waals surface area contributed by atoms with Crippen LogP contribution in [0.5, 0.6) is 5.75 Å². The van der Waals surface area contributed by atoms with Crippen LogP contribution in [0.3, 0.4) is 0 Å². The molecule has 0 saturated carbocycles. The Morgan fingerprint density at radius 2 is 1.65 bits per heavy atom. The molecule has 8 nitrogen and oxygen atoms in total. The Bertz CT molecular complexity index is 1710. The van der Waals surface area contributed by atoms with Crippen molar-refractivity contribution < 1.29 is 39.9 Å². The van der Waals surface area contributed by atoms with E-state index >= 15 is 0 Å². The number of rotatable bonds is 3. The second kappa shape index (κ2) is 9.13. The SMILES string of the molecule is CC(=O)C1=C(O)C(C(C)C)[C@@]2(C)[C@H](O)[C@]3(C)C(=C(O)[C@@]2(O)C1=O)C(=O)c1c(ccc(-c2ccc4c(c2)CCC4)c1O)[C@H]3C. The number of carbonyl (C=O) groups is 3. The molecule has 8 heteroatoms. The highest BCUT2D eigenvalue weighted by Crippen LogP contribution is 2.67. The minimum absolute atomic E-state index is 0.0715. The maximum Gasteiger partial charge on any atom is 0.209 e. The summed E-state index contributed by atoms with van der Waals surface area (Å²) >= 11 is 0. The summed E-state index contributed by atoms with van der Waals surface area (Å²) in [5.41, 5.74) is -3.44. The molecule has 4 aliphatic carbocycles. The lowest BCUT2D eigenvalue weighted by atomic mass is 9.41. The summed E-state index contributed by atoms with van der Waals surface area (Å²) < 4.78 is 0. The smallest absolute Gasteiger partial charge is 0.209 e. The van der Waals surface area contributed by atoms with Crippen LogP contribution in [-0.4, -0.2) is 54.6 Å². The topological polar surface area (TPSA) is 152 Å². The van der Waals surface area contributed by atoms with Crippen LogP contribution in [-0.2, 0) is 22.4 Å². The Morgan fingerprint density at radius 3 is 2.28 bits per heavy atom. The molecule has 1 unspecified atom stereocenters. The van der Waals surface area contributed by atoms with Crippen molar-refractivity contribution in [3.8, 4) is 16.9 Å². The number of benzene rings is 2. The van der Waals surface area contributed by atoms with Gasteiger partial charge in [-0.05, 0) is 60.3 Å². The molecule has 6 rings (SSSR count). The Balaban J connectivity index is 1.63. The van der Waals surface area contributed by atoms with Crippen molar-refractivity contribution in [2.24, 2.45) is 22.7 Å². The first kappa shape index (κ1) is 29.3. The number of aliphatic hydroxyl groups is 4. The quantitative estimate of drug-likeness (QED) is 0.314. The van der Waals surface area contributed by atoms with Crippen molar-refractivity contribution in [3.05, 3.63) is 75.3 Å². The number of phenolic OH excluding ortho intramolecular Hbond substituents is 1. The third kappa shape index (κ3) is 3.31. The van der Waals surface area contributed by atoms with Crippen LogP contribution in [0.1, 0.15) is 80.9 Å². The number of hydrogen-bond donors (Lipinski definition) is 5. The number of phenols is 1. The van der Waals surface area contributed by atoms with E-state index in [4.69, 9.17) is 0 Å². The number of aryl methyl sites for hydroxylation is 2. The van der Waals surface area contributed by atoms with Crippen molar-refractivity contribution in [1.82, 2.24) is 0 Å². The lowest BCUT2D eigenvalue weighted by Crippen LogP contribution is -2.73. The number of ketones is 3. The minimum atomic E-state index is -2.90. The highest BCUT2D eigenvalue weighted by atomic mass is 16.4. The van der Waals surface area contributed by atoms with Crippen molar-refractivity contribution in [2.45, 2.75) is 78.4 Å². The van der Waals surface area contributed by atoms with Gasteiger partial charge >= 0.3 is 0 Å². The number of hydrogen-bond acceptors (Lipinski definition) is 8. The maximum atomic E-state index is 14.4. The number of carbonyl (C=O) groups excluding carboxylic acids is 3. The van der Waals surface area contributed by atoms with Gasteiger partial charge in [0.15, 0.2) is 17.2 Å². The van der Waals surface area contributed by atoms with E-state index in [2.05, 4.69) is 0 Å². The molecule has 226 valence electrons. The van der Waals surface area contributed by atoms with E-state index in [1.54, 1.807) is 39.8 Å². The molecule has 0 radical (unpaired) electrons. The molecule has 43 heavy (non-hydrogen) atoms. The molecular formula is C35H38O8. The molecule has 0 heterocycles. The van der Waals surface area contributed by atoms with Crippen LogP contribution in [0.15, 0.2) is 53.0 Å². The van der Waals surface area contributed by atoms with Crippen LogP contribution < -0.4 is 0 Å². The van der Waals surface area contributed by atoms with Crippen LogP contribution >= 0.6 is 0 Å². The summed E-state index contributed by atoms with van der Waals surface area (Å²) in [5, 5.41) is 59.4. The van der Waals surface area contributed by atoms with Crippen molar-refractivity contribution in [1.29, 1.82) is 0 Å². The molecule has 0 aliphatic heterocycles. The molecule has 2 aromatic rings. The first-order valence-electron chi connectivity index (χ1n) is 14.9. The molecule has 0 saturated heterocycles. The fraction of sp³-hybridized carbons (Fsp3) is 0.457. The molecule has 5 N–H and O–H groups in total. The van der Waals surface area contributed by atoms with Gasteiger partial charge in [0.2, 0.25) is 5.78 Å². The van der Waals surface area contributed by atoms with E-state index in [0.29, 0.717) is 11.1 Å². The van der Waals surface area contributed by atoms with E-state index in [-0.39, 0.29) is 16.9 Å². The van der Waals surface area contributed by atoms with Gasteiger partial charge in [-0.2, -0.15) is 0 Å². The number of fused-ring (bicyclic) bond motifs is 4. The van der Waals surface area contributed by atoms with E-state index in [9.17, 15) is 39.9 Å². The standard InChI is InChI=1S/C35H38O8/c1-15(2)25-28(38)23(17(4)36)30(40)35(43)31(41)26-29(39)24-21(16(3)33(26,5)32(42)34(25,35)6)12-13-22(27(24)37)20-11-10-18-8-7-9-19(18)14-20/h10-16,25,32,37-38,41-43H,7-9H2,1-6H3/t16-,25?,32-,33+,34+,35+/m1/s1. The summed E-state index contributed by atoms with van der Waals surface area (Å²) in [6, 6.07) is 9.42. The van der Waals surface area contributed by atoms with E-state index in [1.807, 2.05) is 18.2 Å². The van der Waals surface area contributed by atoms with Crippen LogP contribution in [0.4, 0.5) is 0 Å². The normalized spacial score (nSPS) is 33.4. The fourth-order valence-electron chi connectivity index (χ4n) is 8.91. The van der Waals surface area contributed by atoms with Gasteiger partial charge in [-0.1, -0.05) is 65.0 Å². The molecule has 6 atom stereocenters. The Kier molecular flexibility index (Phi) is 6.23. The van der Waals surface area contributed by atoms with Gasteiger partial charge in [-0.3, -0.25) is 14.4 Å². The highest BCUT2D eigenvalue weighted by molar-refractivity contribution is 6.25. The highest BCUT2D eigenvalue weighted by Gasteiger charge is 2.76. The monoisotopic (exact) mass is 586 g/mol. The van der Waals surface area contributed by atoms with Gasteiger partial charge in [0.1, 0.15) is 22.8 Å². The van der Waals surface area contributed by atoms with Gasteiger partial charge in [-0.25, -0.2) is 0 Å². The zero-order valence-corrected chi connectivity index (χ0v) is 25.3. The predicted molar refractivity (Wildman–Crippen MR) is 159 cm³/mol. The average molecular weight is 587 g/mol. The predicted octanol–water partition coefficient (Wildman–Crippen LogP) is 5.03. The second-order valence-corrected chi connectivity index (χ2v) is 13.6. The number of allylic oxidation sites excluding steroid dienone is 1. The largest absolute Gasteiger partial charge is 0.511 e. The van der Waals surface area contributed by atoms with Gasteiger partial charge < -0.3 is 25.5 Å². The zero-order valence-electron chi connectivity index (χ0n) is 25.3. The third-order valence-electron chi connectivity index (χ3n) is 11.2. The minimum Gasteiger partial charge on any atom is -0.511 e.